The van der Waals surface area contributed by atoms with Crippen molar-refractivity contribution in [2.24, 2.45) is 0 Å². The molecular formula is C13H13ClFNO3. The first-order valence-corrected chi connectivity index (χ1v) is 6.37. The van der Waals surface area contributed by atoms with Crippen LogP contribution >= 0.6 is 11.6 Å². The number of carboxylic acid groups (broad SMARTS) is 1. The van der Waals surface area contributed by atoms with E-state index in [0.29, 0.717) is 13.0 Å². The molecule has 1 N–H and O–H groups in total. The van der Waals surface area contributed by atoms with Crippen LogP contribution in [0.2, 0.25) is 5.02 Å². The number of benzene rings is 1. The van der Waals surface area contributed by atoms with Crippen LogP contribution in [0, 0.1) is 5.82 Å². The van der Waals surface area contributed by atoms with Gasteiger partial charge < -0.3 is 10.0 Å². The van der Waals surface area contributed by atoms with Gasteiger partial charge in [-0.2, -0.15) is 0 Å². The Morgan fingerprint density at radius 2 is 2.11 bits per heavy atom. The standard InChI is InChI=1S/C13H13ClFNO3/c14-8-4-5-9(10(15)7-8)12(17)16-6-2-1-3-11(16)13(18)19/h4-5,7,11H,1-3,6H2,(H,18,19)/t11-/m0/s1. The highest BCUT2D eigenvalue weighted by Gasteiger charge is 2.33. The fourth-order valence-electron chi connectivity index (χ4n) is 2.25. The summed E-state index contributed by atoms with van der Waals surface area (Å²) in [6, 6.07) is 2.87. The predicted octanol–water partition coefficient (Wildman–Crippen LogP) is 2.56. The number of carbonyl (C=O) groups excluding carboxylic acids is 1. The van der Waals surface area contributed by atoms with Crippen molar-refractivity contribution in [3.05, 3.63) is 34.6 Å². The predicted molar refractivity (Wildman–Crippen MR) is 67.7 cm³/mol. The van der Waals surface area contributed by atoms with Gasteiger partial charge in [0.1, 0.15) is 11.9 Å². The molecule has 0 unspecified atom stereocenters. The molecule has 4 nitrogen and oxygen atoms in total. The van der Waals surface area contributed by atoms with Gasteiger partial charge >= 0.3 is 5.97 Å². The molecule has 1 aromatic carbocycles. The lowest BCUT2D eigenvalue weighted by Gasteiger charge is -2.33. The number of carboxylic acids is 1. The molecule has 0 bridgehead atoms. The molecule has 1 aliphatic rings. The summed E-state index contributed by atoms with van der Waals surface area (Å²) in [5.74, 6) is -2.38. The summed E-state index contributed by atoms with van der Waals surface area (Å²) in [6.07, 6.45) is 1.88. The zero-order valence-electron chi connectivity index (χ0n) is 10.1. The van der Waals surface area contributed by atoms with Gasteiger partial charge in [0.25, 0.3) is 5.91 Å². The summed E-state index contributed by atoms with van der Waals surface area (Å²) in [4.78, 5) is 24.6. The van der Waals surface area contributed by atoms with Crippen LogP contribution in [0.3, 0.4) is 0 Å². The van der Waals surface area contributed by atoms with Crippen LogP contribution in [0.5, 0.6) is 0 Å². The molecule has 102 valence electrons. The minimum Gasteiger partial charge on any atom is -0.480 e. The number of hydrogen-bond acceptors (Lipinski definition) is 2. The maximum absolute atomic E-state index is 13.7. The number of rotatable bonds is 2. The Morgan fingerprint density at radius 1 is 1.37 bits per heavy atom. The van der Waals surface area contributed by atoms with E-state index in [1.54, 1.807) is 0 Å². The van der Waals surface area contributed by atoms with Crippen LogP contribution in [-0.2, 0) is 4.79 Å². The van der Waals surface area contributed by atoms with Gasteiger partial charge in [0.15, 0.2) is 0 Å². The topological polar surface area (TPSA) is 57.6 Å². The minimum atomic E-state index is -1.05. The lowest BCUT2D eigenvalue weighted by molar-refractivity contribution is -0.143. The smallest absolute Gasteiger partial charge is 0.326 e. The summed E-state index contributed by atoms with van der Waals surface area (Å²) in [5.41, 5.74) is -0.141. The third-order valence-corrected chi connectivity index (χ3v) is 3.45. The van der Waals surface area contributed by atoms with E-state index in [0.717, 1.165) is 18.9 Å². The summed E-state index contributed by atoms with van der Waals surface area (Å²) in [7, 11) is 0. The maximum atomic E-state index is 13.7. The first-order valence-electron chi connectivity index (χ1n) is 5.99. The molecule has 1 aromatic rings. The lowest BCUT2D eigenvalue weighted by Crippen LogP contribution is -2.48. The van der Waals surface area contributed by atoms with Crippen molar-refractivity contribution in [1.29, 1.82) is 0 Å². The fourth-order valence-corrected chi connectivity index (χ4v) is 2.41. The SMILES string of the molecule is O=C(O)[C@@H]1CCCCN1C(=O)c1ccc(Cl)cc1F. The molecule has 19 heavy (non-hydrogen) atoms. The van der Waals surface area contributed by atoms with Crippen LogP contribution in [0.15, 0.2) is 18.2 Å². The van der Waals surface area contributed by atoms with Gasteiger partial charge in [-0.25, -0.2) is 9.18 Å². The van der Waals surface area contributed by atoms with Gasteiger partial charge in [-0.1, -0.05) is 11.6 Å². The molecule has 1 atom stereocenters. The molecule has 1 heterocycles. The molecule has 6 heteroatoms. The van der Waals surface area contributed by atoms with E-state index in [9.17, 15) is 14.0 Å². The molecule has 1 aliphatic heterocycles. The van der Waals surface area contributed by atoms with Crippen LogP contribution < -0.4 is 0 Å². The van der Waals surface area contributed by atoms with Crippen molar-refractivity contribution < 1.29 is 19.1 Å². The van der Waals surface area contributed by atoms with E-state index >= 15 is 0 Å². The number of aliphatic carboxylic acids is 1. The summed E-state index contributed by atoms with van der Waals surface area (Å²) >= 11 is 5.63. The highest BCUT2D eigenvalue weighted by atomic mass is 35.5. The normalized spacial score (nSPS) is 19.3. The molecule has 0 saturated carbocycles. The number of nitrogens with zero attached hydrogens (tertiary/aromatic N) is 1. The zero-order chi connectivity index (χ0) is 14.0. The number of piperidine rings is 1. The van der Waals surface area contributed by atoms with Crippen molar-refractivity contribution in [2.75, 3.05) is 6.54 Å². The zero-order valence-corrected chi connectivity index (χ0v) is 10.9. The molecule has 0 spiro atoms. The van der Waals surface area contributed by atoms with E-state index in [1.165, 1.54) is 17.0 Å². The molecule has 1 amide bonds. The molecule has 0 aliphatic carbocycles. The van der Waals surface area contributed by atoms with Crippen molar-refractivity contribution >= 4 is 23.5 Å². The molecular weight excluding hydrogens is 273 g/mol. The minimum absolute atomic E-state index is 0.141. The molecule has 0 aromatic heterocycles. The third kappa shape index (κ3) is 2.87. The summed E-state index contributed by atoms with van der Waals surface area (Å²) in [5, 5.41) is 9.31. The van der Waals surface area contributed by atoms with E-state index in [2.05, 4.69) is 0 Å². The molecule has 2 rings (SSSR count). The Labute approximate surface area is 114 Å². The first-order chi connectivity index (χ1) is 9.00. The lowest BCUT2D eigenvalue weighted by atomic mass is 10.0. The van der Waals surface area contributed by atoms with Gasteiger partial charge in [0, 0.05) is 11.6 Å². The third-order valence-electron chi connectivity index (χ3n) is 3.21. The Hall–Kier alpha value is -1.62. The number of halogens is 2. The number of carbonyl (C=O) groups is 2. The second kappa shape index (κ2) is 5.57. The van der Waals surface area contributed by atoms with Gasteiger partial charge in [-0.15, -0.1) is 0 Å². The van der Waals surface area contributed by atoms with Crippen molar-refractivity contribution in [2.45, 2.75) is 25.3 Å². The summed E-state index contributed by atoms with van der Waals surface area (Å²) in [6.45, 7) is 0.331. The van der Waals surface area contributed by atoms with Crippen molar-refractivity contribution in [1.82, 2.24) is 4.90 Å². The van der Waals surface area contributed by atoms with Gasteiger partial charge in [-0.05, 0) is 37.5 Å². The average molecular weight is 286 g/mol. The Kier molecular flexibility index (Phi) is 4.04. The highest BCUT2D eigenvalue weighted by molar-refractivity contribution is 6.30. The first kappa shape index (κ1) is 13.8. The Bertz CT molecular complexity index is 521. The Balaban J connectivity index is 2.28. The van der Waals surface area contributed by atoms with E-state index in [4.69, 9.17) is 16.7 Å². The average Bonchev–Trinajstić information content (AvgIpc) is 2.38. The molecule has 1 saturated heterocycles. The maximum Gasteiger partial charge on any atom is 0.326 e. The van der Waals surface area contributed by atoms with Crippen LogP contribution in [0.4, 0.5) is 4.39 Å². The second-order valence-electron chi connectivity index (χ2n) is 4.47. The van der Waals surface area contributed by atoms with E-state index in [-0.39, 0.29) is 10.6 Å². The second-order valence-corrected chi connectivity index (χ2v) is 4.91. The van der Waals surface area contributed by atoms with Gasteiger partial charge in [0.2, 0.25) is 0 Å². The quantitative estimate of drug-likeness (QED) is 0.908. The molecule has 0 radical (unpaired) electrons. The largest absolute Gasteiger partial charge is 0.480 e. The van der Waals surface area contributed by atoms with Crippen LogP contribution in [0.1, 0.15) is 29.6 Å². The summed E-state index contributed by atoms with van der Waals surface area (Å²) < 4.78 is 13.7. The van der Waals surface area contributed by atoms with Gasteiger partial charge in [-0.3, -0.25) is 4.79 Å². The molecule has 1 fully saturated rings. The van der Waals surface area contributed by atoms with E-state index < -0.39 is 23.7 Å². The monoisotopic (exact) mass is 285 g/mol. The van der Waals surface area contributed by atoms with Crippen LogP contribution in [0.25, 0.3) is 0 Å². The fraction of sp³-hybridized carbons (Fsp3) is 0.385. The van der Waals surface area contributed by atoms with Crippen LogP contribution in [-0.4, -0.2) is 34.5 Å². The highest BCUT2D eigenvalue weighted by Crippen LogP contribution is 2.22. The number of amides is 1. The van der Waals surface area contributed by atoms with E-state index in [1.807, 2.05) is 0 Å². The Morgan fingerprint density at radius 3 is 2.74 bits per heavy atom. The van der Waals surface area contributed by atoms with Crippen molar-refractivity contribution in [3.63, 3.8) is 0 Å². The number of likely N-dealkylation sites (tertiary alicyclic amines) is 1. The van der Waals surface area contributed by atoms with Crippen molar-refractivity contribution in [3.8, 4) is 0 Å². The van der Waals surface area contributed by atoms with Gasteiger partial charge in [0.05, 0.1) is 5.56 Å². The number of hydrogen-bond donors (Lipinski definition) is 1.